The topological polar surface area (TPSA) is 59.1 Å². The molecule has 0 bridgehead atoms. The van der Waals surface area contributed by atoms with Gasteiger partial charge in [0.25, 0.3) is 0 Å². The number of carbonyl (C=O) groups excluding carboxylic acids is 2. The molecule has 0 aromatic heterocycles. The zero-order valence-corrected chi connectivity index (χ0v) is 22.3. The van der Waals surface area contributed by atoms with Crippen molar-refractivity contribution in [1.29, 1.82) is 0 Å². The molecule has 0 N–H and O–H groups in total. The average Bonchev–Trinajstić information content (AvgIpc) is 3.64. The normalized spacial score (nSPS) is 19.6. The first-order valence-electron chi connectivity index (χ1n) is 12.5. The van der Waals surface area contributed by atoms with Gasteiger partial charge < -0.3 is 19.3 Å². The summed E-state index contributed by atoms with van der Waals surface area (Å²) in [4.78, 5) is 32.9. The van der Waals surface area contributed by atoms with E-state index in [0.29, 0.717) is 18.8 Å². The molecule has 0 aliphatic carbocycles. The van der Waals surface area contributed by atoms with Crippen LogP contribution < -0.4 is 19.3 Å². The highest BCUT2D eigenvalue weighted by Crippen LogP contribution is 2.53. The molecule has 0 amide bonds. The molecule has 186 valence electrons. The van der Waals surface area contributed by atoms with E-state index in [4.69, 9.17) is 9.47 Å². The van der Waals surface area contributed by atoms with Crippen LogP contribution in [0.3, 0.4) is 0 Å². The highest BCUT2D eigenvalue weighted by atomic mass is 32.2. The highest BCUT2D eigenvalue weighted by molar-refractivity contribution is 8.04. The van der Waals surface area contributed by atoms with Gasteiger partial charge in [0.05, 0.1) is 34.6 Å². The Balaban J connectivity index is 1.31. The summed E-state index contributed by atoms with van der Waals surface area (Å²) in [6.45, 7) is 8.61. The van der Waals surface area contributed by atoms with E-state index in [2.05, 4.69) is 35.8 Å². The highest BCUT2D eigenvalue weighted by Gasteiger charge is 2.35. The first kappa shape index (κ1) is 23.6. The molecule has 2 aromatic carbocycles. The predicted octanol–water partition coefficient (Wildman–Crippen LogP) is 5.72. The predicted molar refractivity (Wildman–Crippen MR) is 144 cm³/mol. The van der Waals surface area contributed by atoms with E-state index >= 15 is 0 Å². The molecule has 2 aromatic rings. The molecule has 36 heavy (non-hydrogen) atoms. The second-order valence-corrected chi connectivity index (χ2v) is 11.2. The third-order valence-corrected chi connectivity index (χ3v) is 9.35. The first-order valence-corrected chi connectivity index (χ1v) is 14.1. The Bertz CT molecular complexity index is 1360. The fourth-order valence-corrected chi connectivity index (χ4v) is 7.99. The van der Waals surface area contributed by atoms with E-state index in [0.717, 1.165) is 68.7 Å². The minimum atomic E-state index is -0.0620. The summed E-state index contributed by atoms with van der Waals surface area (Å²) < 4.78 is 11.5. The fourth-order valence-electron chi connectivity index (χ4n) is 5.43. The van der Waals surface area contributed by atoms with Crippen LogP contribution in [0.4, 0.5) is 11.4 Å². The van der Waals surface area contributed by atoms with Crippen LogP contribution in [0.2, 0.25) is 0 Å². The Morgan fingerprint density at radius 2 is 1.47 bits per heavy atom. The number of hydrogen-bond donors (Lipinski definition) is 0. The van der Waals surface area contributed by atoms with Crippen molar-refractivity contribution in [2.75, 3.05) is 36.1 Å². The van der Waals surface area contributed by atoms with Crippen molar-refractivity contribution < 1.29 is 19.1 Å². The van der Waals surface area contributed by atoms with Gasteiger partial charge in [-0.1, -0.05) is 23.5 Å². The largest absolute Gasteiger partial charge is 0.493 e. The van der Waals surface area contributed by atoms with Crippen LogP contribution in [0, 0.1) is 0 Å². The second kappa shape index (κ2) is 9.23. The van der Waals surface area contributed by atoms with Gasteiger partial charge in [-0.3, -0.25) is 9.59 Å². The number of ketones is 2. The minimum Gasteiger partial charge on any atom is -0.493 e. The average molecular weight is 521 g/mol. The van der Waals surface area contributed by atoms with E-state index in [9.17, 15) is 9.59 Å². The Morgan fingerprint density at radius 1 is 0.889 bits per heavy atom. The van der Waals surface area contributed by atoms with Crippen LogP contribution in [0.1, 0.15) is 38.3 Å². The Morgan fingerprint density at radius 3 is 2.06 bits per heavy atom. The number of benzene rings is 2. The van der Waals surface area contributed by atoms with Crippen molar-refractivity contribution in [2.24, 2.45) is 0 Å². The van der Waals surface area contributed by atoms with Crippen molar-refractivity contribution in [2.45, 2.75) is 49.8 Å². The van der Waals surface area contributed by atoms with Gasteiger partial charge in [0.1, 0.15) is 11.5 Å². The van der Waals surface area contributed by atoms with Crippen LogP contribution in [0.5, 0.6) is 11.5 Å². The molecule has 0 atom stereocenters. The summed E-state index contributed by atoms with van der Waals surface area (Å²) in [5.41, 5.74) is 5.29. The number of rotatable bonds is 6. The van der Waals surface area contributed by atoms with Gasteiger partial charge in [-0.2, -0.15) is 0 Å². The molecular formula is C28H28N2O4S2. The zero-order valence-electron chi connectivity index (χ0n) is 20.7. The number of carbonyl (C=O) groups is 2. The lowest BCUT2D eigenvalue weighted by Crippen LogP contribution is -2.22. The van der Waals surface area contributed by atoms with Gasteiger partial charge in [0, 0.05) is 64.9 Å². The molecule has 0 radical (unpaired) electrons. The van der Waals surface area contributed by atoms with Gasteiger partial charge in [0.2, 0.25) is 0 Å². The number of allylic oxidation sites excluding steroid dienone is 2. The third-order valence-electron chi connectivity index (χ3n) is 7.05. The number of anilines is 2. The lowest BCUT2D eigenvalue weighted by molar-refractivity contribution is -0.117. The van der Waals surface area contributed by atoms with Crippen molar-refractivity contribution in [3.05, 3.63) is 57.1 Å². The quantitative estimate of drug-likeness (QED) is 0.448. The number of Topliss-reactive ketones (excluding diaryl/α,β-unsaturated/α-hetero) is 1. The van der Waals surface area contributed by atoms with Crippen molar-refractivity contribution in [1.82, 2.24) is 0 Å². The van der Waals surface area contributed by atoms with Gasteiger partial charge in [-0.25, -0.2) is 0 Å². The third kappa shape index (κ3) is 3.73. The summed E-state index contributed by atoms with van der Waals surface area (Å²) >= 11 is 3.21. The number of nitrogens with zero attached hydrogens (tertiary/aromatic N) is 2. The fraction of sp³-hybridized carbons (Fsp3) is 0.357. The van der Waals surface area contributed by atoms with Crippen molar-refractivity contribution in [3.8, 4) is 11.5 Å². The van der Waals surface area contributed by atoms with E-state index in [-0.39, 0.29) is 18.0 Å². The van der Waals surface area contributed by atoms with E-state index in [1.165, 1.54) is 11.1 Å². The molecule has 0 saturated carbocycles. The minimum absolute atomic E-state index is 0.0597. The molecule has 0 spiro atoms. The maximum atomic E-state index is 13.4. The standard InChI is InChI=1S/C28H28N2O4S2/c1-4-29-25(35-23-8-6-21-18(26(23)29)10-12-33-21)15-17(32)14-20(16(3)31)28-30(5-2)27-19-11-13-34-22(19)7-9-24(27)36-28/h6-9,15H,4-5,10-14H2,1-3H3/b25-15-,28-20-. The zero-order chi connectivity index (χ0) is 25.0. The summed E-state index contributed by atoms with van der Waals surface area (Å²) in [7, 11) is 0. The molecule has 8 heteroatoms. The maximum absolute atomic E-state index is 13.4. The molecule has 6 nitrogen and oxygen atoms in total. The van der Waals surface area contributed by atoms with Crippen LogP contribution >= 0.6 is 23.5 Å². The molecular weight excluding hydrogens is 492 g/mol. The van der Waals surface area contributed by atoms with Gasteiger partial charge in [-0.15, -0.1) is 0 Å². The maximum Gasteiger partial charge on any atom is 0.162 e. The summed E-state index contributed by atoms with van der Waals surface area (Å²) in [5, 5.41) is 1.78. The Kier molecular flexibility index (Phi) is 6.04. The number of ether oxygens (including phenoxy) is 2. The van der Waals surface area contributed by atoms with Crippen molar-refractivity contribution in [3.63, 3.8) is 0 Å². The molecule has 4 aliphatic rings. The smallest absolute Gasteiger partial charge is 0.162 e. The second-order valence-electron chi connectivity index (χ2n) is 9.13. The molecule has 0 saturated heterocycles. The summed E-state index contributed by atoms with van der Waals surface area (Å²) in [5.74, 6) is 1.75. The molecule has 4 aliphatic heterocycles. The Hall–Kier alpha value is -2.84. The number of hydrogen-bond acceptors (Lipinski definition) is 8. The van der Waals surface area contributed by atoms with E-state index in [1.54, 1.807) is 36.5 Å². The van der Waals surface area contributed by atoms with E-state index < -0.39 is 0 Å². The summed E-state index contributed by atoms with van der Waals surface area (Å²) in [6.07, 6.45) is 3.55. The molecule has 6 rings (SSSR count). The summed E-state index contributed by atoms with van der Waals surface area (Å²) in [6, 6.07) is 8.19. The van der Waals surface area contributed by atoms with Gasteiger partial charge in [0.15, 0.2) is 11.6 Å². The SMILES string of the molecule is CCN1/C(=C/C(=O)C/C(C(C)=O)=C2/Sc3ccc4c(c3N2CC)CCO4)Sc2ccc3c(c21)CCO3. The van der Waals surface area contributed by atoms with Crippen LogP contribution in [0.15, 0.2) is 55.8 Å². The molecule has 4 heterocycles. The molecule has 0 fully saturated rings. The van der Waals surface area contributed by atoms with Gasteiger partial charge in [-0.05, 0) is 45.0 Å². The van der Waals surface area contributed by atoms with E-state index in [1.807, 2.05) is 12.1 Å². The van der Waals surface area contributed by atoms with Crippen LogP contribution in [-0.2, 0) is 22.4 Å². The first-order chi connectivity index (χ1) is 17.5. The monoisotopic (exact) mass is 520 g/mol. The van der Waals surface area contributed by atoms with Crippen molar-refractivity contribution >= 4 is 46.5 Å². The van der Waals surface area contributed by atoms with Crippen LogP contribution in [-0.4, -0.2) is 37.9 Å². The molecule has 0 unspecified atom stereocenters. The van der Waals surface area contributed by atoms with Crippen LogP contribution in [0.25, 0.3) is 0 Å². The number of thioether (sulfide) groups is 2. The lowest BCUT2D eigenvalue weighted by Gasteiger charge is -2.22. The lowest BCUT2D eigenvalue weighted by atomic mass is 10.1. The Labute approximate surface area is 219 Å². The van der Waals surface area contributed by atoms with Gasteiger partial charge >= 0.3 is 0 Å². The number of fused-ring (bicyclic) bond motifs is 6.